The Labute approximate surface area is 645 Å². The summed E-state index contributed by atoms with van der Waals surface area (Å²) in [6.07, 6.45) is 0.843. The van der Waals surface area contributed by atoms with Crippen molar-refractivity contribution in [2.24, 2.45) is 11.7 Å². The number of aromatic nitrogens is 2. The van der Waals surface area contributed by atoms with Crippen LogP contribution >= 0.6 is 11.6 Å². The highest BCUT2D eigenvalue weighted by Crippen LogP contribution is 2.47. The van der Waals surface area contributed by atoms with Crippen LogP contribution < -0.4 is 52.2 Å². The van der Waals surface area contributed by atoms with Crippen LogP contribution in [0.1, 0.15) is 99.7 Å². The minimum Gasteiger partial charge on any atom is -0.508 e. The summed E-state index contributed by atoms with van der Waals surface area (Å²) in [6, 6.07) is 34.5. The first-order chi connectivity index (χ1) is 53.5. The van der Waals surface area contributed by atoms with Gasteiger partial charge in [0.25, 0.3) is 11.8 Å². The summed E-state index contributed by atoms with van der Waals surface area (Å²) in [5.41, 5.74) is 12.6. The second-order valence-corrected chi connectivity index (χ2v) is 26.9. The molecular formula is C80H88ClN13O17. The number of alkyl halides is 1. The smallest absolute Gasteiger partial charge is 0.415 e. The number of hydrogen-bond acceptors (Lipinski definition) is 18. The van der Waals surface area contributed by atoms with E-state index in [4.69, 9.17) is 41.0 Å². The number of alkyl carbamates (subject to hydrolysis) is 1. The Morgan fingerprint density at radius 3 is 2.21 bits per heavy atom. The molecule has 0 aliphatic carbocycles. The summed E-state index contributed by atoms with van der Waals surface area (Å²) >= 11 is 6.67. The molecule has 0 saturated heterocycles. The molecule has 0 unspecified atom stereocenters. The number of aliphatic hydroxyl groups is 1. The monoisotopic (exact) mass is 1540 g/mol. The summed E-state index contributed by atoms with van der Waals surface area (Å²) in [7, 11) is 1.49. The first kappa shape index (κ1) is 81.2. The number of likely N-dealkylation sites (N-methyl/N-ethyl adjacent to an activating group) is 1. The number of halogens is 1. The van der Waals surface area contributed by atoms with Gasteiger partial charge in [-0.05, 0) is 120 Å². The van der Waals surface area contributed by atoms with Crippen LogP contribution in [0.3, 0.4) is 0 Å². The molecule has 2 aliphatic rings. The normalized spacial score (nSPS) is 13.2. The number of rotatable bonds is 34. The fraction of sp³-hybridized carbons (Fsp3) is 0.338. The molecule has 4 heterocycles. The van der Waals surface area contributed by atoms with Crippen molar-refractivity contribution in [2.75, 3.05) is 112 Å². The number of ether oxygens (including phenoxy) is 5. The van der Waals surface area contributed by atoms with E-state index in [0.717, 1.165) is 27.6 Å². The molecule has 6 aromatic carbocycles. The zero-order valence-electron chi connectivity index (χ0n) is 61.8. The van der Waals surface area contributed by atoms with Crippen LogP contribution in [0.25, 0.3) is 16.4 Å². The molecule has 31 heteroatoms. The molecule has 0 radical (unpaired) electrons. The number of aromatic hydroxyl groups is 1. The van der Waals surface area contributed by atoms with E-state index in [0.29, 0.717) is 57.0 Å². The third-order valence-electron chi connectivity index (χ3n) is 18.3. The highest BCUT2D eigenvalue weighted by atomic mass is 35.5. The second-order valence-electron chi connectivity index (χ2n) is 26.6. The molecule has 0 saturated carbocycles. The van der Waals surface area contributed by atoms with E-state index in [1.165, 1.54) is 41.1 Å². The van der Waals surface area contributed by atoms with Crippen LogP contribution in [0.5, 0.6) is 11.5 Å². The molecule has 0 fully saturated rings. The average molecular weight is 1540 g/mol. The van der Waals surface area contributed by atoms with Crippen molar-refractivity contribution in [3.8, 4) is 23.3 Å². The van der Waals surface area contributed by atoms with E-state index in [1.54, 1.807) is 82.9 Å². The van der Waals surface area contributed by atoms with E-state index in [9.17, 15) is 58.2 Å². The molecule has 11 amide bonds. The third-order valence-corrected chi connectivity index (χ3v) is 18.7. The number of nitrogens with two attached hydrogens (primary N) is 1. The van der Waals surface area contributed by atoms with Gasteiger partial charge in [-0.2, -0.15) is 0 Å². The fourth-order valence-corrected chi connectivity index (χ4v) is 12.7. The van der Waals surface area contributed by atoms with E-state index in [2.05, 4.69) is 48.7 Å². The molecule has 3 atom stereocenters. The van der Waals surface area contributed by atoms with Crippen LogP contribution in [-0.2, 0) is 51.3 Å². The fourth-order valence-electron chi connectivity index (χ4n) is 12.5. The van der Waals surface area contributed by atoms with Gasteiger partial charge in [-0.1, -0.05) is 86.4 Å². The van der Waals surface area contributed by atoms with Crippen molar-refractivity contribution < 1.29 is 81.8 Å². The first-order valence-electron chi connectivity index (χ1n) is 36.1. The van der Waals surface area contributed by atoms with Gasteiger partial charge in [0.2, 0.25) is 23.6 Å². The van der Waals surface area contributed by atoms with E-state index < -0.39 is 65.9 Å². The molecule has 111 heavy (non-hydrogen) atoms. The number of imidazole rings is 1. The Bertz CT molecular complexity index is 4780. The Kier molecular flexibility index (Phi) is 28.7. The summed E-state index contributed by atoms with van der Waals surface area (Å²) in [5, 5.41) is 36.5. The van der Waals surface area contributed by atoms with Gasteiger partial charge < -0.3 is 95.5 Å². The number of benzene rings is 6. The van der Waals surface area contributed by atoms with Gasteiger partial charge in [0.15, 0.2) is 0 Å². The Balaban J connectivity index is 0.686. The molecule has 10 rings (SSSR count). The molecule has 0 spiro atoms. The van der Waals surface area contributed by atoms with Gasteiger partial charge in [0.05, 0.1) is 56.6 Å². The topological polar surface area (TPSA) is 386 Å². The SMILES string of the molecule is Cc1cccc2c(OC(=O)N(CCOCCO)CCN(C)C(=O)OCc3ccc(NC(=O)[C@H](CCCNC(N)=O)NC(=O)[C@@H](NC(=O)OCCOCCNC(=O)CCC(=O)N4Cc5ccccc5C#Cc5ccccc54)C(C)C)cc3)cc3c(c12)[C@H](CCl)CN3C(=O)c1cn2cc(NC(=O)c3ccc(O)cc3)ccc2n1. The number of pyridine rings is 1. The minimum absolute atomic E-state index is 0.000582. The van der Waals surface area contributed by atoms with Crippen LogP contribution in [0.15, 0.2) is 146 Å². The van der Waals surface area contributed by atoms with Crippen molar-refractivity contribution in [3.63, 3.8) is 0 Å². The Morgan fingerprint density at radius 1 is 0.712 bits per heavy atom. The largest absolute Gasteiger partial charge is 0.508 e. The van der Waals surface area contributed by atoms with Gasteiger partial charge in [0.1, 0.15) is 48.1 Å². The number of urea groups is 1. The van der Waals surface area contributed by atoms with Gasteiger partial charge in [-0.3, -0.25) is 28.8 Å². The van der Waals surface area contributed by atoms with Gasteiger partial charge in [-0.15, -0.1) is 11.6 Å². The number of primary amides is 1. The van der Waals surface area contributed by atoms with Crippen LogP contribution in [0, 0.1) is 24.7 Å². The number of fused-ring (bicyclic) bond motifs is 6. The minimum atomic E-state index is -1.18. The zero-order chi connectivity index (χ0) is 79.1. The number of anilines is 4. The van der Waals surface area contributed by atoms with Crippen LogP contribution in [0.4, 0.5) is 41.9 Å². The maximum atomic E-state index is 14.7. The van der Waals surface area contributed by atoms with Crippen molar-refractivity contribution in [1.29, 1.82) is 0 Å². The summed E-state index contributed by atoms with van der Waals surface area (Å²) in [4.78, 5) is 145. The van der Waals surface area contributed by atoms with Gasteiger partial charge in [-0.25, -0.2) is 24.2 Å². The number of carbonyl (C=O) groups is 10. The number of hydrogen-bond donors (Lipinski definition) is 9. The summed E-state index contributed by atoms with van der Waals surface area (Å²) in [6.45, 7) is 5.21. The molecule has 30 nitrogen and oxygen atoms in total. The summed E-state index contributed by atoms with van der Waals surface area (Å²) < 4.78 is 29.9. The Hall–Kier alpha value is -12.3. The number of phenolic OH excluding ortho intramolecular Hbond substituents is 1. The lowest BCUT2D eigenvalue weighted by Crippen LogP contribution is -2.54. The molecule has 2 aliphatic heterocycles. The molecule has 582 valence electrons. The van der Waals surface area contributed by atoms with Crippen molar-refractivity contribution in [2.45, 2.75) is 77.6 Å². The maximum Gasteiger partial charge on any atom is 0.415 e. The standard InChI is InChI=1S/C80H88ClN13O17/c1-50(2)72(89-78(104)109-42-41-107-38-33-83-68(97)30-31-69(98)93-45-56-14-6-5-12-53(56)20-21-54-13-7-8-17-64(54)93)75(101)88-62(16-10-32-84-77(82)103)74(100)85-58-24-18-52(19-25-58)49-110-79(105)90(4)34-35-91(36-39-108-40-37-95)80(106)111-66-43-65-71(70-51(3)11-9-15-61(66)70)57(44-81)46-94(65)76(102)63-48-92-47-59(26-29-67(92)87-63)86-73(99)55-22-27-60(96)28-23-55/h5-9,11-15,17-19,22-29,43,47-48,50,57,62,72,95-96H,10,16,30-42,44-46,49H2,1-4H3,(H,83,97)(H,85,100)(H,86,99)(H,88,101)(H,89,104)(H3,82,84,103)/t57-,62+,72+/m1/s1. The molecule has 8 aromatic rings. The van der Waals surface area contributed by atoms with Gasteiger partial charge in [0, 0.05) is 117 Å². The van der Waals surface area contributed by atoms with E-state index in [1.807, 2.05) is 73.7 Å². The first-order valence-corrected chi connectivity index (χ1v) is 36.7. The molecular weight excluding hydrogens is 1450 g/mol. The number of phenols is 1. The highest BCUT2D eigenvalue weighted by Gasteiger charge is 2.38. The number of nitrogens with one attached hydrogen (secondary N) is 6. The van der Waals surface area contributed by atoms with Crippen molar-refractivity contribution in [1.82, 2.24) is 40.5 Å². The van der Waals surface area contributed by atoms with Crippen molar-refractivity contribution >= 4 is 111 Å². The van der Waals surface area contributed by atoms with Crippen LogP contribution in [0.2, 0.25) is 0 Å². The van der Waals surface area contributed by atoms with E-state index in [-0.39, 0.29) is 152 Å². The second kappa shape index (κ2) is 39.2. The number of amides is 11. The zero-order valence-corrected chi connectivity index (χ0v) is 62.5. The van der Waals surface area contributed by atoms with Crippen LogP contribution in [-0.4, -0.2) is 193 Å². The number of carbonyl (C=O) groups excluding carboxylic acids is 10. The predicted molar refractivity (Wildman–Crippen MR) is 413 cm³/mol. The average Bonchev–Trinajstić information content (AvgIpc) is 1.59. The lowest BCUT2D eigenvalue weighted by molar-refractivity contribution is -0.128. The quantitative estimate of drug-likeness (QED) is 0.0104. The number of para-hydroxylation sites is 1. The predicted octanol–water partition coefficient (Wildman–Crippen LogP) is 8.30. The lowest BCUT2D eigenvalue weighted by Gasteiger charge is -2.26. The van der Waals surface area contributed by atoms with E-state index >= 15 is 0 Å². The summed E-state index contributed by atoms with van der Waals surface area (Å²) in [5.74, 6) is 3.07. The third kappa shape index (κ3) is 22.0. The molecule has 2 aromatic heterocycles. The van der Waals surface area contributed by atoms with Gasteiger partial charge >= 0.3 is 24.3 Å². The highest BCUT2D eigenvalue weighted by molar-refractivity contribution is 6.19. The number of nitrogens with zero attached hydrogens (tertiary/aromatic N) is 6. The number of aliphatic hydroxyl groups excluding tert-OH is 1. The lowest BCUT2D eigenvalue weighted by atomic mass is 9.92. The maximum absolute atomic E-state index is 14.7. The molecule has 0 bridgehead atoms. The molecule has 10 N–H and O–H groups in total. The Morgan fingerprint density at radius 2 is 1.45 bits per heavy atom. The van der Waals surface area contributed by atoms with Crippen molar-refractivity contribution in [3.05, 3.63) is 190 Å². The number of aryl methyl sites for hydroxylation is 1.